The van der Waals surface area contributed by atoms with E-state index in [1.807, 2.05) is 4.90 Å². The van der Waals surface area contributed by atoms with Crippen molar-refractivity contribution < 1.29 is 9.18 Å². The number of amides is 1. The first-order chi connectivity index (χ1) is 10.7. The van der Waals surface area contributed by atoms with Crippen LogP contribution in [0.2, 0.25) is 0 Å². The van der Waals surface area contributed by atoms with E-state index in [4.69, 9.17) is 0 Å². The summed E-state index contributed by atoms with van der Waals surface area (Å²) in [5.41, 5.74) is 1.05. The first-order valence-electron chi connectivity index (χ1n) is 7.97. The standard InChI is InChI=1S/C17H21FN2OS/c18-15-8-6-13(7-9-15)12-22-17-19-10-11-20(17)16(21)14-4-2-1-3-5-14/h6-9,14H,1-5,10-12H2. The van der Waals surface area contributed by atoms with Crippen LogP contribution in [-0.4, -0.2) is 29.1 Å². The van der Waals surface area contributed by atoms with E-state index in [-0.39, 0.29) is 17.6 Å². The molecular formula is C17H21FN2OS. The second-order valence-electron chi connectivity index (χ2n) is 5.90. The molecule has 3 nitrogen and oxygen atoms in total. The fourth-order valence-corrected chi connectivity index (χ4v) is 4.06. The van der Waals surface area contributed by atoms with Gasteiger partial charge in [0.05, 0.1) is 6.54 Å². The van der Waals surface area contributed by atoms with Crippen molar-refractivity contribution in [3.8, 4) is 0 Å². The second-order valence-corrected chi connectivity index (χ2v) is 6.85. The molecule has 0 bridgehead atoms. The average molecular weight is 320 g/mol. The zero-order valence-electron chi connectivity index (χ0n) is 12.6. The molecule has 22 heavy (non-hydrogen) atoms. The summed E-state index contributed by atoms with van der Waals surface area (Å²) >= 11 is 1.58. The van der Waals surface area contributed by atoms with Crippen LogP contribution in [0.5, 0.6) is 0 Å². The van der Waals surface area contributed by atoms with E-state index in [1.54, 1.807) is 23.9 Å². The highest BCUT2D eigenvalue weighted by molar-refractivity contribution is 8.13. The van der Waals surface area contributed by atoms with Gasteiger partial charge >= 0.3 is 0 Å². The molecule has 1 saturated carbocycles. The SMILES string of the molecule is O=C(C1CCCCC1)N1CCN=C1SCc1ccc(F)cc1. The van der Waals surface area contributed by atoms with Crippen molar-refractivity contribution in [3.63, 3.8) is 0 Å². The normalized spacial score (nSPS) is 19.3. The number of amidine groups is 1. The molecule has 0 atom stereocenters. The molecule has 0 saturated heterocycles. The summed E-state index contributed by atoms with van der Waals surface area (Å²) in [6.45, 7) is 1.41. The Balaban J connectivity index is 1.58. The minimum atomic E-state index is -0.221. The number of carbonyl (C=O) groups is 1. The Morgan fingerprint density at radius 3 is 2.68 bits per heavy atom. The van der Waals surface area contributed by atoms with Crippen LogP contribution in [0.3, 0.4) is 0 Å². The lowest BCUT2D eigenvalue weighted by Crippen LogP contribution is -2.38. The summed E-state index contributed by atoms with van der Waals surface area (Å²) in [5, 5.41) is 0.833. The maximum absolute atomic E-state index is 12.9. The first-order valence-corrected chi connectivity index (χ1v) is 8.95. The van der Waals surface area contributed by atoms with Gasteiger partial charge in [0, 0.05) is 18.2 Å². The van der Waals surface area contributed by atoms with Crippen LogP contribution in [-0.2, 0) is 10.5 Å². The summed E-state index contributed by atoms with van der Waals surface area (Å²) in [6.07, 6.45) is 5.62. The molecular weight excluding hydrogens is 299 g/mol. The Labute approximate surface area is 135 Å². The van der Waals surface area contributed by atoms with Crippen molar-refractivity contribution in [2.24, 2.45) is 10.9 Å². The van der Waals surface area contributed by atoms with E-state index < -0.39 is 0 Å². The van der Waals surface area contributed by atoms with Crippen molar-refractivity contribution in [1.82, 2.24) is 4.90 Å². The molecule has 0 aromatic heterocycles. The molecule has 0 N–H and O–H groups in total. The maximum atomic E-state index is 12.9. The molecule has 1 aromatic carbocycles. The van der Waals surface area contributed by atoms with Gasteiger partial charge < -0.3 is 0 Å². The van der Waals surface area contributed by atoms with Gasteiger partial charge in [0.25, 0.3) is 0 Å². The lowest BCUT2D eigenvalue weighted by molar-refractivity contribution is -0.132. The van der Waals surface area contributed by atoms with Crippen molar-refractivity contribution in [2.45, 2.75) is 37.9 Å². The maximum Gasteiger partial charge on any atom is 0.231 e. The van der Waals surface area contributed by atoms with E-state index in [1.165, 1.54) is 31.4 Å². The zero-order valence-corrected chi connectivity index (χ0v) is 13.4. The van der Waals surface area contributed by atoms with Gasteiger partial charge in [-0.05, 0) is 30.5 Å². The van der Waals surface area contributed by atoms with E-state index in [9.17, 15) is 9.18 Å². The predicted octanol–water partition coefficient (Wildman–Crippen LogP) is 3.84. The number of nitrogens with zero attached hydrogens (tertiary/aromatic N) is 2. The van der Waals surface area contributed by atoms with Crippen molar-refractivity contribution >= 4 is 22.8 Å². The number of hydrogen-bond donors (Lipinski definition) is 0. The third kappa shape index (κ3) is 3.69. The molecule has 0 unspecified atom stereocenters. The molecule has 1 aliphatic heterocycles. The minimum Gasteiger partial charge on any atom is -0.289 e. The molecule has 0 radical (unpaired) electrons. The second kappa shape index (κ2) is 7.27. The summed E-state index contributed by atoms with van der Waals surface area (Å²) in [4.78, 5) is 19.0. The monoisotopic (exact) mass is 320 g/mol. The van der Waals surface area contributed by atoms with Gasteiger partial charge in [0.1, 0.15) is 5.82 Å². The minimum absolute atomic E-state index is 0.184. The largest absolute Gasteiger partial charge is 0.289 e. The Morgan fingerprint density at radius 2 is 1.95 bits per heavy atom. The molecule has 5 heteroatoms. The van der Waals surface area contributed by atoms with Crippen LogP contribution in [0.15, 0.2) is 29.3 Å². The predicted molar refractivity (Wildman–Crippen MR) is 88.3 cm³/mol. The van der Waals surface area contributed by atoms with Crippen LogP contribution in [0.25, 0.3) is 0 Å². The number of halogens is 1. The van der Waals surface area contributed by atoms with E-state index in [2.05, 4.69) is 4.99 Å². The van der Waals surface area contributed by atoms with Crippen LogP contribution < -0.4 is 0 Å². The van der Waals surface area contributed by atoms with E-state index >= 15 is 0 Å². The third-order valence-electron chi connectivity index (χ3n) is 4.30. The smallest absolute Gasteiger partial charge is 0.231 e. The number of rotatable bonds is 3. The summed E-state index contributed by atoms with van der Waals surface area (Å²) in [5.74, 6) is 0.931. The van der Waals surface area contributed by atoms with Gasteiger partial charge in [-0.1, -0.05) is 43.2 Å². The van der Waals surface area contributed by atoms with E-state index in [0.29, 0.717) is 18.8 Å². The molecule has 1 fully saturated rings. The van der Waals surface area contributed by atoms with E-state index in [0.717, 1.165) is 23.6 Å². The number of carbonyl (C=O) groups excluding carboxylic acids is 1. The Kier molecular flexibility index (Phi) is 5.13. The van der Waals surface area contributed by atoms with Gasteiger partial charge in [-0.2, -0.15) is 0 Å². The first kappa shape index (κ1) is 15.5. The number of thioether (sulfide) groups is 1. The molecule has 118 valence electrons. The lowest BCUT2D eigenvalue weighted by Gasteiger charge is -2.26. The average Bonchev–Trinajstić information content (AvgIpc) is 3.03. The summed E-state index contributed by atoms with van der Waals surface area (Å²) < 4.78 is 12.9. The van der Waals surface area contributed by atoms with Crippen molar-refractivity contribution in [3.05, 3.63) is 35.6 Å². The fraction of sp³-hybridized carbons (Fsp3) is 0.529. The van der Waals surface area contributed by atoms with Crippen LogP contribution in [0.1, 0.15) is 37.7 Å². The Bertz CT molecular complexity index is 552. The zero-order chi connectivity index (χ0) is 15.4. The van der Waals surface area contributed by atoms with Crippen molar-refractivity contribution in [2.75, 3.05) is 13.1 Å². The molecule has 2 aliphatic rings. The van der Waals surface area contributed by atoms with Crippen LogP contribution in [0, 0.1) is 11.7 Å². The number of hydrogen-bond acceptors (Lipinski definition) is 3. The highest BCUT2D eigenvalue weighted by Crippen LogP contribution is 2.28. The van der Waals surface area contributed by atoms with Crippen molar-refractivity contribution in [1.29, 1.82) is 0 Å². The van der Waals surface area contributed by atoms with Gasteiger partial charge in [0.2, 0.25) is 5.91 Å². The van der Waals surface area contributed by atoms with Gasteiger partial charge in [0.15, 0.2) is 5.17 Å². The lowest BCUT2D eigenvalue weighted by atomic mass is 9.88. The highest BCUT2D eigenvalue weighted by Gasteiger charge is 2.30. The summed E-state index contributed by atoms with van der Waals surface area (Å²) in [7, 11) is 0. The topological polar surface area (TPSA) is 32.7 Å². The number of aliphatic imine (C=N–C) groups is 1. The third-order valence-corrected chi connectivity index (χ3v) is 5.39. The quantitative estimate of drug-likeness (QED) is 0.848. The van der Waals surface area contributed by atoms with Gasteiger partial charge in [-0.3, -0.25) is 14.7 Å². The highest BCUT2D eigenvalue weighted by atomic mass is 32.2. The van der Waals surface area contributed by atoms with Gasteiger partial charge in [-0.25, -0.2) is 4.39 Å². The molecule has 1 heterocycles. The molecule has 1 amide bonds. The molecule has 1 aliphatic carbocycles. The molecule has 3 rings (SSSR count). The molecule has 0 spiro atoms. The summed E-state index contributed by atoms with van der Waals surface area (Å²) in [6, 6.07) is 6.50. The fourth-order valence-electron chi connectivity index (χ4n) is 3.05. The molecule has 1 aromatic rings. The van der Waals surface area contributed by atoms with Crippen LogP contribution >= 0.6 is 11.8 Å². The van der Waals surface area contributed by atoms with Gasteiger partial charge in [-0.15, -0.1) is 0 Å². The Morgan fingerprint density at radius 1 is 1.23 bits per heavy atom. The number of benzene rings is 1. The Hall–Kier alpha value is -1.36. The van der Waals surface area contributed by atoms with Crippen LogP contribution in [0.4, 0.5) is 4.39 Å².